The Morgan fingerprint density at radius 1 is 0.903 bits per heavy atom. The molecule has 0 unspecified atom stereocenters. The van der Waals surface area contributed by atoms with Gasteiger partial charge in [0, 0.05) is 18.0 Å². The zero-order chi connectivity index (χ0) is 21.0. The molecule has 4 nitrogen and oxygen atoms in total. The molecule has 0 N–H and O–H groups in total. The minimum Gasteiger partial charge on any atom is -0.336 e. The van der Waals surface area contributed by atoms with Gasteiger partial charge in [0.25, 0.3) is 0 Å². The molecule has 2 aliphatic carbocycles. The highest BCUT2D eigenvalue weighted by molar-refractivity contribution is 7.18. The molecule has 0 radical (unpaired) electrons. The Labute approximate surface area is 191 Å². The Balaban J connectivity index is 1.20. The molecule has 2 aromatic rings. The smallest absolute Gasteiger partial charge is 0.237 e. The fourth-order valence-electron chi connectivity index (χ4n) is 6.10. The summed E-state index contributed by atoms with van der Waals surface area (Å²) < 4.78 is 1.30. The molecule has 2 saturated carbocycles. The van der Waals surface area contributed by atoms with E-state index in [4.69, 9.17) is 4.98 Å². The monoisotopic (exact) mass is 439 g/mol. The first kappa shape index (κ1) is 21.4. The van der Waals surface area contributed by atoms with Crippen LogP contribution in [0.3, 0.4) is 0 Å². The number of carbonyl (C=O) groups is 1. The largest absolute Gasteiger partial charge is 0.336 e. The Morgan fingerprint density at radius 2 is 1.52 bits per heavy atom. The number of carbonyl (C=O) groups excluding carboxylic acids is 1. The van der Waals surface area contributed by atoms with Crippen LogP contribution in [0, 0.1) is 0 Å². The molecule has 0 bridgehead atoms. The van der Waals surface area contributed by atoms with Gasteiger partial charge in [-0.05, 0) is 63.7 Å². The van der Waals surface area contributed by atoms with Gasteiger partial charge in [0.1, 0.15) is 0 Å². The summed E-state index contributed by atoms with van der Waals surface area (Å²) >= 11 is 1.86. The normalized spacial score (nSPS) is 22.7. The van der Waals surface area contributed by atoms with Crippen LogP contribution in [0.2, 0.25) is 0 Å². The summed E-state index contributed by atoms with van der Waals surface area (Å²) in [7, 11) is 0. The average molecular weight is 440 g/mol. The molecule has 2 heterocycles. The fraction of sp³-hybridized carbons (Fsp3) is 0.692. The molecule has 1 amide bonds. The topological polar surface area (TPSA) is 36.4 Å². The van der Waals surface area contributed by atoms with E-state index in [1.807, 2.05) is 11.3 Å². The van der Waals surface area contributed by atoms with Gasteiger partial charge in [-0.25, -0.2) is 4.98 Å². The van der Waals surface area contributed by atoms with Gasteiger partial charge >= 0.3 is 0 Å². The molecule has 5 rings (SSSR count). The first-order chi connectivity index (χ1) is 15.3. The predicted molar refractivity (Wildman–Crippen MR) is 129 cm³/mol. The zero-order valence-corrected chi connectivity index (χ0v) is 19.6. The van der Waals surface area contributed by atoms with Crippen molar-refractivity contribution in [1.29, 1.82) is 0 Å². The number of likely N-dealkylation sites (tertiary alicyclic amines) is 1. The molecule has 3 aliphatic rings. The van der Waals surface area contributed by atoms with E-state index in [0.29, 0.717) is 30.5 Å². The lowest BCUT2D eigenvalue weighted by Gasteiger charge is -2.43. The summed E-state index contributed by atoms with van der Waals surface area (Å²) in [5.41, 5.74) is 1.13. The Hall–Kier alpha value is -1.46. The fourth-order valence-corrected chi connectivity index (χ4v) is 7.24. The molecule has 1 aromatic carbocycles. The summed E-state index contributed by atoms with van der Waals surface area (Å²) in [6.45, 7) is 2.67. The highest BCUT2D eigenvalue weighted by Gasteiger charge is 2.34. The van der Waals surface area contributed by atoms with E-state index in [1.54, 1.807) is 0 Å². The second kappa shape index (κ2) is 9.99. The van der Waals surface area contributed by atoms with Crippen molar-refractivity contribution in [3.63, 3.8) is 0 Å². The first-order valence-corrected chi connectivity index (χ1v) is 13.5. The van der Waals surface area contributed by atoms with Gasteiger partial charge in [0.2, 0.25) is 5.91 Å². The van der Waals surface area contributed by atoms with E-state index in [-0.39, 0.29) is 0 Å². The first-order valence-electron chi connectivity index (χ1n) is 12.7. The number of thiazole rings is 1. The minimum absolute atomic E-state index is 0.414. The van der Waals surface area contributed by atoms with Crippen LogP contribution in [0.15, 0.2) is 24.3 Å². The van der Waals surface area contributed by atoms with Crippen LogP contribution in [-0.2, 0) is 4.79 Å². The van der Waals surface area contributed by atoms with Crippen molar-refractivity contribution in [2.24, 2.45) is 0 Å². The van der Waals surface area contributed by atoms with Crippen LogP contribution in [0.4, 0.5) is 0 Å². The summed E-state index contributed by atoms with van der Waals surface area (Å²) in [6.07, 6.45) is 15.0. The molecular formula is C26H37N3OS. The zero-order valence-electron chi connectivity index (χ0n) is 18.8. The number of rotatable bonds is 5. The van der Waals surface area contributed by atoms with Crippen molar-refractivity contribution in [3.8, 4) is 0 Å². The van der Waals surface area contributed by atoms with Gasteiger partial charge in [-0.1, -0.05) is 50.7 Å². The number of benzene rings is 1. The van der Waals surface area contributed by atoms with Crippen LogP contribution in [0.25, 0.3) is 10.2 Å². The number of piperidine rings is 1. The third-order valence-electron chi connectivity index (χ3n) is 7.83. The van der Waals surface area contributed by atoms with Crippen LogP contribution in [-0.4, -0.2) is 52.4 Å². The van der Waals surface area contributed by atoms with Gasteiger partial charge in [0.15, 0.2) is 0 Å². The molecule has 0 spiro atoms. The van der Waals surface area contributed by atoms with Crippen molar-refractivity contribution in [3.05, 3.63) is 29.3 Å². The van der Waals surface area contributed by atoms with Crippen LogP contribution in [0.5, 0.6) is 0 Å². The molecule has 1 aromatic heterocycles. The molecule has 1 saturated heterocycles. The maximum Gasteiger partial charge on any atom is 0.237 e. The van der Waals surface area contributed by atoms with Crippen LogP contribution >= 0.6 is 11.3 Å². The number of para-hydroxylation sites is 1. The van der Waals surface area contributed by atoms with E-state index in [0.717, 1.165) is 31.4 Å². The average Bonchev–Trinajstić information content (AvgIpc) is 3.25. The Morgan fingerprint density at radius 3 is 2.13 bits per heavy atom. The lowest BCUT2D eigenvalue weighted by molar-refractivity contribution is -0.139. The molecule has 1 aliphatic heterocycles. The summed E-state index contributed by atoms with van der Waals surface area (Å²) in [4.78, 5) is 23.3. The van der Waals surface area contributed by atoms with Crippen LogP contribution in [0.1, 0.15) is 88.0 Å². The van der Waals surface area contributed by atoms with Crippen LogP contribution < -0.4 is 0 Å². The molecule has 0 atom stereocenters. The summed E-state index contributed by atoms with van der Waals surface area (Å²) in [6, 6.07) is 9.48. The van der Waals surface area contributed by atoms with Crippen molar-refractivity contribution in [1.82, 2.24) is 14.8 Å². The summed E-state index contributed by atoms with van der Waals surface area (Å²) in [5.74, 6) is 0.966. The van der Waals surface area contributed by atoms with E-state index in [1.165, 1.54) is 73.9 Å². The maximum absolute atomic E-state index is 13.6. The van der Waals surface area contributed by atoms with E-state index < -0.39 is 0 Å². The number of amides is 1. The SMILES string of the molecule is O=C(CN1CCC(c2nc3ccccc3s2)CC1)N(C1CCCCC1)C1CCCCC1. The lowest BCUT2D eigenvalue weighted by atomic mass is 9.88. The highest BCUT2D eigenvalue weighted by atomic mass is 32.1. The Kier molecular flexibility index (Phi) is 6.90. The van der Waals surface area contributed by atoms with E-state index in [9.17, 15) is 4.79 Å². The van der Waals surface area contributed by atoms with Gasteiger partial charge in [0.05, 0.1) is 21.8 Å². The third kappa shape index (κ3) is 4.98. The van der Waals surface area contributed by atoms with E-state index in [2.05, 4.69) is 34.1 Å². The Bertz CT molecular complexity index is 809. The predicted octanol–water partition coefficient (Wildman–Crippen LogP) is 5.97. The lowest BCUT2D eigenvalue weighted by Crippen LogP contribution is -2.52. The van der Waals surface area contributed by atoms with Crippen molar-refractivity contribution in [2.75, 3.05) is 19.6 Å². The molecule has 5 heteroatoms. The van der Waals surface area contributed by atoms with Gasteiger partial charge in [-0.15, -0.1) is 11.3 Å². The number of aromatic nitrogens is 1. The number of fused-ring (bicyclic) bond motifs is 1. The number of hydrogen-bond donors (Lipinski definition) is 0. The van der Waals surface area contributed by atoms with Crippen molar-refractivity contribution in [2.45, 2.75) is 95.1 Å². The molecule has 3 fully saturated rings. The van der Waals surface area contributed by atoms with Gasteiger partial charge in [-0.3, -0.25) is 9.69 Å². The number of nitrogens with zero attached hydrogens (tertiary/aromatic N) is 3. The second-order valence-electron chi connectivity index (χ2n) is 9.95. The summed E-state index contributed by atoms with van der Waals surface area (Å²) in [5, 5.41) is 1.29. The third-order valence-corrected chi connectivity index (χ3v) is 9.03. The minimum atomic E-state index is 0.414. The molecule has 168 valence electrons. The maximum atomic E-state index is 13.6. The van der Waals surface area contributed by atoms with Gasteiger partial charge < -0.3 is 4.90 Å². The number of hydrogen-bond acceptors (Lipinski definition) is 4. The van der Waals surface area contributed by atoms with Crippen molar-refractivity contribution < 1.29 is 4.79 Å². The molecular weight excluding hydrogens is 402 g/mol. The quantitative estimate of drug-likeness (QED) is 0.576. The standard InChI is InChI=1S/C26H37N3OS/c30-25(29(21-9-3-1-4-10-21)22-11-5-2-6-12-22)19-28-17-15-20(16-18-28)26-27-23-13-7-8-14-24(23)31-26/h7-8,13-14,20-22H,1-6,9-12,15-19H2. The molecule has 31 heavy (non-hydrogen) atoms. The van der Waals surface area contributed by atoms with Gasteiger partial charge in [-0.2, -0.15) is 0 Å². The highest BCUT2D eigenvalue weighted by Crippen LogP contribution is 2.34. The second-order valence-corrected chi connectivity index (χ2v) is 11.0. The van der Waals surface area contributed by atoms with Crippen molar-refractivity contribution >= 4 is 27.5 Å². The van der Waals surface area contributed by atoms with E-state index >= 15 is 0 Å².